The van der Waals surface area contributed by atoms with E-state index in [-0.39, 0.29) is 23.4 Å². The molecule has 0 saturated heterocycles. The molecule has 0 atom stereocenters. The van der Waals surface area contributed by atoms with Gasteiger partial charge in [-0.3, -0.25) is 4.79 Å². The molecule has 5 heteroatoms. The fourth-order valence-corrected chi connectivity index (χ4v) is 5.77. The molecule has 0 fully saturated rings. The quantitative estimate of drug-likeness (QED) is 0.638. The van der Waals surface area contributed by atoms with Crippen molar-refractivity contribution in [2.75, 3.05) is 5.32 Å². The maximum Gasteiger partial charge on any atom is 0.229 e. The monoisotopic (exact) mass is 403 g/mol. The third-order valence-corrected chi connectivity index (χ3v) is 6.91. The number of nitrogens with one attached hydrogen (secondary N) is 2. The summed E-state index contributed by atoms with van der Waals surface area (Å²) in [6, 6.07) is 16.4. The van der Waals surface area contributed by atoms with E-state index in [0.29, 0.717) is 10.6 Å². The van der Waals surface area contributed by atoms with E-state index in [1.165, 1.54) is 11.3 Å². The molecule has 4 nitrogen and oxygen atoms in total. The molecule has 0 radical (unpaired) electrons. The molecule has 0 saturated carbocycles. The van der Waals surface area contributed by atoms with Gasteiger partial charge >= 0.3 is 0 Å². The second-order valence-electron chi connectivity index (χ2n) is 8.90. The number of hydrogen-bond donors (Lipinski definition) is 2. The van der Waals surface area contributed by atoms with Crippen molar-refractivity contribution in [3.05, 3.63) is 64.0 Å². The molecule has 29 heavy (non-hydrogen) atoms. The van der Waals surface area contributed by atoms with Crippen LogP contribution >= 0.6 is 11.3 Å². The maximum atomic E-state index is 12.9. The number of rotatable bonds is 3. The van der Waals surface area contributed by atoms with Gasteiger partial charge < -0.3 is 10.6 Å². The summed E-state index contributed by atoms with van der Waals surface area (Å²) >= 11 is 1.52. The van der Waals surface area contributed by atoms with Crippen LogP contribution in [0.15, 0.2) is 42.5 Å². The molecule has 4 rings (SSSR count). The Hall–Kier alpha value is -2.68. The summed E-state index contributed by atoms with van der Waals surface area (Å²) in [5.41, 5.74) is 2.31. The largest absolute Gasteiger partial charge is 0.316 e. The number of carbonyl (C=O) groups is 1. The predicted molar refractivity (Wildman–Crippen MR) is 119 cm³/mol. The number of thiophene rings is 1. The molecule has 2 heterocycles. The van der Waals surface area contributed by atoms with Gasteiger partial charge in [0.2, 0.25) is 5.91 Å². The molecule has 0 unspecified atom stereocenters. The fraction of sp³-hybridized carbons (Fsp3) is 0.333. The van der Waals surface area contributed by atoms with Gasteiger partial charge in [-0.15, -0.1) is 11.3 Å². The van der Waals surface area contributed by atoms with E-state index >= 15 is 0 Å². The van der Waals surface area contributed by atoms with Crippen molar-refractivity contribution in [1.82, 2.24) is 5.32 Å². The average molecular weight is 404 g/mol. The van der Waals surface area contributed by atoms with Gasteiger partial charge in [0.15, 0.2) is 0 Å². The second-order valence-corrected chi connectivity index (χ2v) is 9.92. The predicted octanol–water partition coefficient (Wildman–Crippen LogP) is 5.11. The number of anilines is 1. The summed E-state index contributed by atoms with van der Waals surface area (Å²) in [5, 5.41) is 19.4. The van der Waals surface area contributed by atoms with Crippen molar-refractivity contribution in [3.63, 3.8) is 0 Å². The van der Waals surface area contributed by atoms with Crippen molar-refractivity contribution in [1.29, 1.82) is 5.26 Å². The lowest BCUT2D eigenvalue weighted by molar-refractivity contribution is -0.115. The van der Waals surface area contributed by atoms with Gasteiger partial charge in [0, 0.05) is 16.0 Å². The summed E-state index contributed by atoms with van der Waals surface area (Å²) in [6.45, 7) is 8.56. The highest BCUT2D eigenvalue weighted by molar-refractivity contribution is 7.17. The van der Waals surface area contributed by atoms with Crippen LogP contribution in [0.2, 0.25) is 0 Å². The zero-order chi connectivity index (χ0) is 20.8. The zero-order valence-corrected chi connectivity index (χ0v) is 18.0. The van der Waals surface area contributed by atoms with E-state index in [1.54, 1.807) is 0 Å². The van der Waals surface area contributed by atoms with Crippen LogP contribution in [-0.4, -0.2) is 11.4 Å². The van der Waals surface area contributed by atoms with Crippen LogP contribution in [0.25, 0.3) is 10.8 Å². The second kappa shape index (κ2) is 6.98. The summed E-state index contributed by atoms with van der Waals surface area (Å²) in [4.78, 5) is 14.0. The van der Waals surface area contributed by atoms with Gasteiger partial charge in [-0.25, -0.2) is 0 Å². The molecule has 2 aromatic carbocycles. The lowest BCUT2D eigenvalue weighted by Crippen LogP contribution is -2.54. The molecule has 1 aliphatic heterocycles. The van der Waals surface area contributed by atoms with Gasteiger partial charge in [-0.2, -0.15) is 5.26 Å². The number of benzene rings is 2. The summed E-state index contributed by atoms with van der Waals surface area (Å²) < 4.78 is 0. The SMILES string of the molecule is CC1(C)Cc2c(sc(NC(=O)Cc3cccc4ccccc34)c2C#N)C(C)(C)N1. The minimum absolute atomic E-state index is 0.0959. The molecule has 2 N–H and O–H groups in total. The highest BCUT2D eigenvalue weighted by atomic mass is 32.1. The van der Waals surface area contributed by atoms with Crippen LogP contribution < -0.4 is 10.6 Å². The number of fused-ring (bicyclic) bond motifs is 2. The van der Waals surface area contributed by atoms with Crippen molar-refractivity contribution < 1.29 is 4.79 Å². The zero-order valence-electron chi connectivity index (χ0n) is 17.2. The molecular formula is C24H25N3OS. The van der Waals surface area contributed by atoms with Crippen molar-refractivity contribution in [2.45, 2.75) is 51.6 Å². The van der Waals surface area contributed by atoms with Gasteiger partial charge in [0.1, 0.15) is 11.1 Å². The number of nitrogens with zero attached hydrogens (tertiary/aromatic N) is 1. The molecule has 1 aromatic heterocycles. The molecule has 1 aliphatic rings. The average Bonchev–Trinajstić information content (AvgIpc) is 2.98. The Balaban J connectivity index is 1.64. The first kappa shape index (κ1) is 19.6. The molecule has 0 aliphatic carbocycles. The van der Waals surface area contributed by atoms with Crippen molar-refractivity contribution in [2.24, 2.45) is 0 Å². The first-order valence-electron chi connectivity index (χ1n) is 9.82. The molecule has 3 aromatic rings. The van der Waals surface area contributed by atoms with Crippen LogP contribution in [0, 0.1) is 11.3 Å². The van der Waals surface area contributed by atoms with Crippen molar-refractivity contribution >= 4 is 33.0 Å². The Bertz CT molecular complexity index is 1150. The highest BCUT2D eigenvalue weighted by Crippen LogP contribution is 2.44. The minimum Gasteiger partial charge on any atom is -0.316 e. The molecule has 1 amide bonds. The Labute approximate surface area is 175 Å². The lowest BCUT2D eigenvalue weighted by Gasteiger charge is -2.42. The van der Waals surface area contributed by atoms with Crippen LogP contribution in [0.1, 0.15) is 49.3 Å². The smallest absolute Gasteiger partial charge is 0.229 e. The standard InChI is InChI=1S/C24H25N3OS/c1-23(2)13-18-19(14-25)22(29-21(18)24(3,4)27-23)26-20(28)12-16-10-7-9-15-8-5-6-11-17(15)16/h5-11,27H,12-13H2,1-4H3,(H,26,28). The number of hydrogen-bond acceptors (Lipinski definition) is 4. The third-order valence-electron chi connectivity index (χ3n) is 5.44. The van der Waals surface area contributed by atoms with Crippen molar-refractivity contribution in [3.8, 4) is 6.07 Å². The van der Waals surface area contributed by atoms with Crippen LogP contribution in [0.5, 0.6) is 0 Å². The van der Waals surface area contributed by atoms with Gasteiger partial charge in [0.25, 0.3) is 0 Å². The maximum absolute atomic E-state index is 12.9. The van der Waals surface area contributed by atoms with Gasteiger partial charge in [-0.1, -0.05) is 42.5 Å². The van der Waals surface area contributed by atoms with Crippen LogP contribution in [0.4, 0.5) is 5.00 Å². The van der Waals surface area contributed by atoms with Gasteiger partial charge in [0.05, 0.1) is 12.0 Å². The fourth-order valence-electron chi connectivity index (χ4n) is 4.52. The number of nitriles is 1. The lowest BCUT2D eigenvalue weighted by atomic mass is 9.81. The number of amides is 1. The van der Waals surface area contributed by atoms with E-state index in [0.717, 1.165) is 33.2 Å². The summed E-state index contributed by atoms with van der Waals surface area (Å²) in [7, 11) is 0. The normalized spacial score (nSPS) is 16.8. The van der Waals surface area contributed by atoms with Gasteiger partial charge in [-0.05, 0) is 56.0 Å². The van der Waals surface area contributed by atoms with E-state index in [2.05, 4.69) is 56.5 Å². The first-order chi connectivity index (χ1) is 13.7. The topological polar surface area (TPSA) is 64.9 Å². The summed E-state index contributed by atoms with van der Waals surface area (Å²) in [5.74, 6) is -0.0959. The number of carbonyl (C=O) groups excluding carboxylic acids is 1. The molecular weight excluding hydrogens is 378 g/mol. The first-order valence-corrected chi connectivity index (χ1v) is 10.6. The van der Waals surface area contributed by atoms with Crippen LogP contribution in [-0.2, 0) is 23.2 Å². The molecule has 0 bridgehead atoms. The third kappa shape index (κ3) is 3.66. The van der Waals surface area contributed by atoms with E-state index in [4.69, 9.17) is 0 Å². The highest BCUT2D eigenvalue weighted by Gasteiger charge is 2.40. The Morgan fingerprint density at radius 2 is 1.90 bits per heavy atom. The Morgan fingerprint density at radius 3 is 2.66 bits per heavy atom. The molecule has 0 spiro atoms. The van der Waals surface area contributed by atoms with E-state index < -0.39 is 0 Å². The summed E-state index contributed by atoms with van der Waals surface area (Å²) in [6.07, 6.45) is 1.05. The van der Waals surface area contributed by atoms with E-state index in [9.17, 15) is 10.1 Å². The van der Waals surface area contributed by atoms with Crippen LogP contribution in [0.3, 0.4) is 0 Å². The Kier molecular flexibility index (Phi) is 4.72. The van der Waals surface area contributed by atoms with E-state index in [1.807, 2.05) is 30.3 Å². The Morgan fingerprint density at radius 1 is 1.17 bits per heavy atom. The minimum atomic E-state index is -0.244. The molecule has 148 valence electrons.